The molecule has 92 valence electrons. The predicted molar refractivity (Wildman–Crippen MR) is 67.1 cm³/mol. The topological polar surface area (TPSA) is 81.5 Å². The molecule has 0 aliphatic heterocycles. The summed E-state index contributed by atoms with van der Waals surface area (Å²) in [6, 6.07) is 5.38. The van der Waals surface area contributed by atoms with Gasteiger partial charge < -0.3 is 20.0 Å². The van der Waals surface area contributed by atoms with Crippen molar-refractivity contribution in [3.63, 3.8) is 0 Å². The van der Waals surface area contributed by atoms with E-state index in [2.05, 4.69) is 4.98 Å². The fraction of sp³-hybridized carbons (Fsp3) is 0.364. The van der Waals surface area contributed by atoms with Crippen molar-refractivity contribution >= 4 is 28.5 Å². The minimum absolute atomic E-state index is 0.0484. The van der Waals surface area contributed by atoms with Gasteiger partial charge in [0.1, 0.15) is 5.52 Å². The van der Waals surface area contributed by atoms with Crippen LogP contribution in [0.3, 0.4) is 0 Å². The highest BCUT2D eigenvalue weighted by molar-refractivity contribution is 7.99. The Kier molecular flexibility index (Phi) is 4.24. The van der Waals surface area contributed by atoms with Gasteiger partial charge in [-0.1, -0.05) is 11.8 Å². The largest absolute Gasteiger partial charge is 0.431 e. The highest BCUT2D eigenvalue weighted by atomic mass is 32.2. The van der Waals surface area contributed by atoms with E-state index in [-0.39, 0.29) is 6.61 Å². The van der Waals surface area contributed by atoms with Gasteiger partial charge in [-0.25, -0.2) is 4.98 Å². The van der Waals surface area contributed by atoms with E-state index in [4.69, 9.17) is 20.0 Å². The number of aliphatic hydroxyl groups excluding tert-OH is 1. The summed E-state index contributed by atoms with van der Waals surface area (Å²) in [5, 5.41) is 9.14. The Morgan fingerprint density at radius 1 is 1.41 bits per heavy atom. The molecule has 0 aliphatic rings. The number of fused-ring (bicyclic) bond motifs is 1. The maximum absolute atomic E-state index is 8.53. The third-order valence-corrected chi connectivity index (χ3v) is 2.87. The van der Waals surface area contributed by atoms with Gasteiger partial charge in [-0.3, -0.25) is 0 Å². The number of hydrogen-bond acceptors (Lipinski definition) is 6. The van der Waals surface area contributed by atoms with E-state index in [1.807, 2.05) is 6.07 Å². The van der Waals surface area contributed by atoms with E-state index < -0.39 is 0 Å². The van der Waals surface area contributed by atoms with Crippen LogP contribution < -0.4 is 5.73 Å². The zero-order chi connectivity index (χ0) is 12.1. The minimum atomic E-state index is 0.0484. The van der Waals surface area contributed by atoms with E-state index in [0.29, 0.717) is 24.1 Å². The summed E-state index contributed by atoms with van der Waals surface area (Å²) in [4.78, 5) is 4.30. The molecule has 0 unspecified atom stereocenters. The molecular weight excluding hydrogens is 240 g/mol. The molecule has 5 nitrogen and oxygen atoms in total. The molecular formula is C11H14N2O3S. The van der Waals surface area contributed by atoms with E-state index in [0.717, 1.165) is 16.9 Å². The number of anilines is 1. The summed E-state index contributed by atoms with van der Waals surface area (Å²) < 4.78 is 10.7. The number of ether oxygens (including phenoxy) is 1. The lowest BCUT2D eigenvalue weighted by atomic mass is 10.3. The highest BCUT2D eigenvalue weighted by Crippen LogP contribution is 2.24. The Hall–Kier alpha value is -1.24. The van der Waals surface area contributed by atoms with E-state index in [9.17, 15) is 0 Å². The van der Waals surface area contributed by atoms with Crippen LogP contribution in [-0.2, 0) is 4.74 Å². The molecule has 1 heterocycles. The number of aliphatic hydroxyl groups is 1. The summed E-state index contributed by atoms with van der Waals surface area (Å²) in [6.07, 6.45) is 0. The molecule has 0 amide bonds. The zero-order valence-corrected chi connectivity index (χ0v) is 10.1. The lowest BCUT2D eigenvalue weighted by Gasteiger charge is -1.98. The fourth-order valence-corrected chi connectivity index (χ4v) is 2.03. The number of nitrogens with two attached hydrogens (primary N) is 1. The van der Waals surface area contributed by atoms with Gasteiger partial charge in [-0.15, -0.1) is 0 Å². The number of oxazole rings is 1. The van der Waals surface area contributed by atoms with Crippen molar-refractivity contribution in [3.8, 4) is 0 Å². The van der Waals surface area contributed by atoms with Crippen molar-refractivity contribution in [1.82, 2.24) is 4.98 Å². The molecule has 0 atom stereocenters. The number of nitrogen functional groups attached to an aromatic ring is 1. The van der Waals surface area contributed by atoms with Crippen LogP contribution in [0.5, 0.6) is 0 Å². The lowest BCUT2D eigenvalue weighted by molar-refractivity contribution is 0.103. The van der Waals surface area contributed by atoms with Crippen molar-refractivity contribution in [3.05, 3.63) is 18.2 Å². The van der Waals surface area contributed by atoms with Crippen LogP contribution >= 0.6 is 11.8 Å². The smallest absolute Gasteiger partial charge is 0.256 e. The Labute approximate surface area is 103 Å². The number of benzene rings is 1. The monoisotopic (exact) mass is 254 g/mol. The van der Waals surface area contributed by atoms with Crippen LogP contribution in [0.1, 0.15) is 0 Å². The second-order valence-corrected chi connectivity index (χ2v) is 4.44. The molecule has 1 aromatic carbocycles. The molecule has 3 N–H and O–H groups in total. The zero-order valence-electron chi connectivity index (χ0n) is 9.26. The van der Waals surface area contributed by atoms with Gasteiger partial charge in [0.2, 0.25) is 0 Å². The summed E-state index contributed by atoms with van der Waals surface area (Å²) in [7, 11) is 0. The standard InChI is InChI=1S/C11H14N2O3S/c12-8-1-2-10-9(7-8)13-11(16-10)17-6-5-15-4-3-14/h1-2,7,14H,3-6,12H2. The maximum Gasteiger partial charge on any atom is 0.256 e. The molecule has 0 bridgehead atoms. The first-order chi connectivity index (χ1) is 8.29. The molecule has 1 aromatic heterocycles. The molecule has 0 saturated heterocycles. The van der Waals surface area contributed by atoms with Crippen molar-refractivity contribution < 1.29 is 14.3 Å². The molecule has 0 fully saturated rings. The molecule has 17 heavy (non-hydrogen) atoms. The maximum atomic E-state index is 8.53. The molecule has 0 radical (unpaired) electrons. The predicted octanol–water partition coefficient (Wildman–Crippen LogP) is 1.51. The minimum Gasteiger partial charge on any atom is -0.431 e. The Morgan fingerprint density at radius 2 is 2.29 bits per heavy atom. The molecule has 0 aliphatic carbocycles. The Morgan fingerprint density at radius 3 is 3.12 bits per heavy atom. The van der Waals surface area contributed by atoms with Crippen molar-refractivity contribution in [2.75, 3.05) is 31.3 Å². The second-order valence-electron chi connectivity index (χ2n) is 3.39. The first-order valence-corrected chi connectivity index (χ1v) is 6.25. The van der Waals surface area contributed by atoms with Crippen molar-refractivity contribution in [2.24, 2.45) is 0 Å². The first kappa shape index (κ1) is 12.2. The van der Waals surface area contributed by atoms with Crippen LogP contribution in [0.2, 0.25) is 0 Å². The summed E-state index contributed by atoms with van der Waals surface area (Å²) >= 11 is 1.48. The Balaban J connectivity index is 1.91. The fourth-order valence-electron chi connectivity index (χ4n) is 1.34. The lowest BCUT2D eigenvalue weighted by Crippen LogP contribution is -2.02. The quantitative estimate of drug-likeness (QED) is 0.462. The van der Waals surface area contributed by atoms with Gasteiger partial charge in [-0.05, 0) is 18.2 Å². The second kappa shape index (κ2) is 5.90. The van der Waals surface area contributed by atoms with Gasteiger partial charge in [0.05, 0.1) is 19.8 Å². The van der Waals surface area contributed by atoms with Crippen LogP contribution in [0.15, 0.2) is 27.8 Å². The molecule has 0 spiro atoms. The number of hydrogen-bond donors (Lipinski definition) is 2. The molecule has 2 rings (SSSR count). The average Bonchev–Trinajstić information content (AvgIpc) is 2.70. The van der Waals surface area contributed by atoms with Crippen LogP contribution in [0.4, 0.5) is 5.69 Å². The summed E-state index contributed by atoms with van der Waals surface area (Å²) in [5.41, 5.74) is 7.83. The van der Waals surface area contributed by atoms with E-state index in [1.165, 1.54) is 11.8 Å². The van der Waals surface area contributed by atoms with Crippen LogP contribution in [0, 0.1) is 0 Å². The molecule has 2 aromatic rings. The van der Waals surface area contributed by atoms with Gasteiger partial charge in [0.15, 0.2) is 5.58 Å². The van der Waals surface area contributed by atoms with E-state index in [1.54, 1.807) is 12.1 Å². The van der Waals surface area contributed by atoms with Gasteiger partial charge in [0, 0.05) is 11.4 Å². The third kappa shape index (κ3) is 3.36. The third-order valence-electron chi connectivity index (χ3n) is 2.08. The summed E-state index contributed by atoms with van der Waals surface area (Å²) in [6.45, 7) is 0.976. The van der Waals surface area contributed by atoms with Crippen LogP contribution in [-0.4, -0.2) is 35.7 Å². The average molecular weight is 254 g/mol. The summed E-state index contributed by atoms with van der Waals surface area (Å²) in [5.74, 6) is 0.738. The van der Waals surface area contributed by atoms with Gasteiger partial charge in [-0.2, -0.15) is 0 Å². The van der Waals surface area contributed by atoms with Crippen molar-refractivity contribution in [2.45, 2.75) is 5.22 Å². The van der Waals surface area contributed by atoms with Gasteiger partial charge >= 0.3 is 0 Å². The SMILES string of the molecule is Nc1ccc2oc(SCCOCCO)nc2c1. The highest BCUT2D eigenvalue weighted by Gasteiger charge is 2.06. The Bertz CT molecular complexity index is 487. The van der Waals surface area contributed by atoms with E-state index >= 15 is 0 Å². The number of rotatable bonds is 6. The van der Waals surface area contributed by atoms with Gasteiger partial charge in [0.25, 0.3) is 5.22 Å². The molecule has 6 heteroatoms. The normalized spacial score (nSPS) is 11.1. The number of aromatic nitrogens is 1. The van der Waals surface area contributed by atoms with Crippen LogP contribution in [0.25, 0.3) is 11.1 Å². The first-order valence-electron chi connectivity index (χ1n) is 5.27. The molecule has 0 saturated carbocycles. The van der Waals surface area contributed by atoms with Crippen molar-refractivity contribution in [1.29, 1.82) is 0 Å². The number of thioether (sulfide) groups is 1. The number of nitrogens with zero attached hydrogens (tertiary/aromatic N) is 1.